The van der Waals surface area contributed by atoms with Crippen LogP contribution in [0.4, 0.5) is 5.82 Å². The Bertz CT molecular complexity index is 297. The lowest BCUT2D eigenvalue weighted by Crippen LogP contribution is -2.27. The van der Waals surface area contributed by atoms with Crippen molar-refractivity contribution < 1.29 is 0 Å². The summed E-state index contributed by atoms with van der Waals surface area (Å²) in [6.45, 7) is 2.00. The summed E-state index contributed by atoms with van der Waals surface area (Å²) in [4.78, 5) is 2.25. The van der Waals surface area contributed by atoms with Gasteiger partial charge in [0.1, 0.15) is 5.82 Å². The van der Waals surface area contributed by atoms with Crippen molar-refractivity contribution in [3.8, 4) is 0 Å². The number of rotatable bonds is 0. The Labute approximate surface area is 71.4 Å². The van der Waals surface area contributed by atoms with Crippen LogP contribution in [0.2, 0.25) is 0 Å². The van der Waals surface area contributed by atoms with E-state index in [2.05, 4.69) is 22.1 Å². The molecule has 1 aliphatic heterocycles. The van der Waals surface area contributed by atoms with E-state index in [0.717, 1.165) is 25.2 Å². The second kappa shape index (κ2) is 2.71. The highest BCUT2D eigenvalue weighted by atomic mass is 15.2. The lowest BCUT2D eigenvalue weighted by Gasteiger charge is -2.23. The molecular formula is C8H12N4. The van der Waals surface area contributed by atoms with Crippen LogP contribution in [0.15, 0.2) is 6.07 Å². The first-order chi connectivity index (χ1) is 5.75. The number of likely N-dealkylation sites (N-methyl/N-ethyl adjacent to an activating group) is 1. The van der Waals surface area contributed by atoms with Crippen molar-refractivity contribution in [1.29, 1.82) is 0 Å². The fourth-order valence-electron chi connectivity index (χ4n) is 1.49. The average molecular weight is 164 g/mol. The first-order valence-electron chi connectivity index (χ1n) is 4.05. The van der Waals surface area contributed by atoms with E-state index in [-0.39, 0.29) is 0 Å². The van der Waals surface area contributed by atoms with Gasteiger partial charge >= 0.3 is 0 Å². The van der Waals surface area contributed by atoms with E-state index < -0.39 is 0 Å². The topological polar surface area (TPSA) is 55.0 Å². The molecule has 0 saturated carbocycles. The zero-order valence-electron chi connectivity index (χ0n) is 7.12. The minimum Gasteiger partial charge on any atom is -0.382 e. The summed E-state index contributed by atoms with van der Waals surface area (Å²) in [5.41, 5.74) is 7.85. The molecule has 0 atom stereocenters. The van der Waals surface area contributed by atoms with Gasteiger partial charge in [-0.1, -0.05) is 0 Å². The molecule has 0 aliphatic carbocycles. The summed E-state index contributed by atoms with van der Waals surface area (Å²) in [5.74, 6) is 0.518. The van der Waals surface area contributed by atoms with Gasteiger partial charge in [0, 0.05) is 19.5 Å². The molecule has 0 amide bonds. The quantitative estimate of drug-likeness (QED) is 0.588. The number of nitrogens with zero attached hydrogens (tertiary/aromatic N) is 3. The molecule has 0 fully saturated rings. The summed E-state index contributed by atoms with van der Waals surface area (Å²) in [6.07, 6.45) is 0.985. The van der Waals surface area contributed by atoms with Gasteiger partial charge in [0.25, 0.3) is 0 Å². The molecule has 0 spiro atoms. The van der Waals surface area contributed by atoms with Crippen molar-refractivity contribution in [3.63, 3.8) is 0 Å². The average Bonchev–Trinajstić information content (AvgIpc) is 2.03. The molecule has 0 bridgehead atoms. The van der Waals surface area contributed by atoms with Crippen molar-refractivity contribution in [1.82, 2.24) is 15.1 Å². The molecule has 4 nitrogen and oxygen atoms in total. The maximum absolute atomic E-state index is 5.54. The molecule has 0 saturated heterocycles. The van der Waals surface area contributed by atoms with Gasteiger partial charge in [0.15, 0.2) is 0 Å². The zero-order valence-corrected chi connectivity index (χ0v) is 7.12. The second-order valence-electron chi connectivity index (χ2n) is 3.23. The van der Waals surface area contributed by atoms with Gasteiger partial charge in [-0.15, -0.1) is 5.10 Å². The third-order valence-corrected chi connectivity index (χ3v) is 2.15. The summed E-state index contributed by atoms with van der Waals surface area (Å²) in [6, 6.07) is 1.91. The highest BCUT2D eigenvalue weighted by molar-refractivity contribution is 5.34. The fourth-order valence-corrected chi connectivity index (χ4v) is 1.49. The van der Waals surface area contributed by atoms with Gasteiger partial charge in [-0.3, -0.25) is 0 Å². The van der Waals surface area contributed by atoms with E-state index >= 15 is 0 Å². The van der Waals surface area contributed by atoms with E-state index in [0.29, 0.717) is 5.82 Å². The first-order valence-corrected chi connectivity index (χ1v) is 4.05. The Kier molecular flexibility index (Phi) is 1.69. The lowest BCUT2D eigenvalue weighted by molar-refractivity contribution is 0.309. The van der Waals surface area contributed by atoms with Gasteiger partial charge in [0.2, 0.25) is 0 Å². The van der Waals surface area contributed by atoms with Crippen LogP contribution in [0.3, 0.4) is 0 Å². The molecule has 0 radical (unpaired) electrons. The van der Waals surface area contributed by atoms with Crippen LogP contribution in [0.5, 0.6) is 0 Å². The van der Waals surface area contributed by atoms with E-state index in [4.69, 9.17) is 5.73 Å². The number of nitrogens with two attached hydrogens (primary N) is 1. The lowest BCUT2D eigenvalue weighted by atomic mass is 10.1. The van der Waals surface area contributed by atoms with E-state index in [1.54, 1.807) is 0 Å². The largest absolute Gasteiger partial charge is 0.382 e. The Morgan fingerprint density at radius 2 is 2.33 bits per heavy atom. The Hall–Kier alpha value is -1.16. The van der Waals surface area contributed by atoms with Crippen LogP contribution >= 0.6 is 0 Å². The van der Waals surface area contributed by atoms with Crippen molar-refractivity contribution in [2.45, 2.75) is 13.0 Å². The monoisotopic (exact) mass is 164 g/mol. The molecule has 2 heterocycles. The van der Waals surface area contributed by atoms with Crippen molar-refractivity contribution in [2.24, 2.45) is 0 Å². The molecular weight excluding hydrogens is 152 g/mol. The van der Waals surface area contributed by atoms with Crippen molar-refractivity contribution in [2.75, 3.05) is 19.3 Å². The van der Waals surface area contributed by atoms with Crippen molar-refractivity contribution >= 4 is 5.82 Å². The van der Waals surface area contributed by atoms with Gasteiger partial charge in [-0.05, 0) is 18.7 Å². The molecule has 1 aromatic heterocycles. The predicted octanol–water partition coefficient (Wildman–Crippen LogP) is 0.0467. The fraction of sp³-hybridized carbons (Fsp3) is 0.500. The second-order valence-corrected chi connectivity index (χ2v) is 3.23. The summed E-state index contributed by atoms with van der Waals surface area (Å²) in [7, 11) is 2.10. The van der Waals surface area contributed by atoms with Gasteiger partial charge in [-0.2, -0.15) is 5.10 Å². The van der Waals surface area contributed by atoms with Crippen LogP contribution in [-0.4, -0.2) is 28.7 Å². The Balaban J connectivity index is 2.37. The molecule has 2 rings (SSSR count). The van der Waals surface area contributed by atoms with Gasteiger partial charge in [-0.25, -0.2) is 0 Å². The number of aromatic nitrogens is 2. The number of nitrogen functional groups attached to an aromatic ring is 1. The minimum absolute atomic E-state index is 0.518. The van der Waals surface area contributed by atoms with E-state index in [9.17, 15) is 0 Å². The van der Waals surface area contributed by atoms with Crippen LogP contribution in [0.25, 0.3) is 0 Å². The minimum atomic E-state index is 0.518. The maximum atomic E-state index is 5.54. The molecule has 64 valence electrons. The first kappa shape index (κ1) is 7.49. The third kappa shape index (κ3) is 1.25. The Morgan fingerprint density at radius 3 is 3.17 bits per heavy atom. The number of fused-ring (bicyclic) bond motifs is 1. The summed E-state index contributed by atoms with van der Waals surface area (Å²) in [5, 5.41) is 7.88. The zero-order chi connectivity index (χ0) is 8.55. The molecule has 1 aromatic rings. The van der Waals surface area contributed by atoms with Crippen molar-refractivity contribution in [3.05, 3.63) is 17.3 Å². The number of hydrogen-bond donors (Lipinski definition) is 1. The van der Waals surface area contributed by atoms with Gasteiger partial charge < -0.3 is 10.6 Å². The van der Waals surface area contributed by atoms with Crippen LogP contribution in [-0.2, 0) is 13.0 Å². The maximum Gasteiger partial charge on any atom is 0.146 e. The SMILES string of the molecule is CN1CCc2nnc(N)cc2C1. The molecule has 4 heteroatoms. The molecule has 2 N–H and O–H groups in total. The third-order valence-electron chi connectivity index (χ3n) is 2.15. The molecule has 1 aliphatic rings. The Morgan fingerprint density at radius 1 is 1.50 bits per heavy atom. The van der Waals surface area contributed by atoms with Crippen LogP contribution in [0, 0.1) is 0 Å². The molecule has 12 heavy (non-hydrogen) atoms. The highest BCUT2D eigenvalue weighted by Crippen LogP contribution is 2.15. The predicted molar refractivity (Wildman–Crippen MR) is 46.5 cm³/mol. The summed E-state index contributed by atoms with van der Waals surface area (Å²) < 4.78 is 0. The highest BCUT2D eigenvalue weighted by Gasteiger charge is 2.14. The van der Waals surface area contributed by atoms with E-state index in [1.165, 1.54) is 5.56 Å². The number of anilines is 1. The normalized spacial score (nSPS) is 17.4. The van der Waals surface area contributed by atoms with Gasteiger partial charge in [0.05, 0.1) is 5.69 Å². The number of hydrogen-bond acceptors (Lipinski definition) is 4. The van der Waals surface area contributed by atoms with E-state index in [1.807, 2.05) is 6.07 Å². The standard InChI is InChI=1S/C8H12N4/c1-12-3-2-7-6(5-12)4-8(9)11-10-7/h4H,2-3,5H2,1H3,(H2,9,11). The van der Waals surface area contributed by atoms with Crippen LogP contribution < -0.4 is 5.73 Å². The molecule has 0 unspecified atom stereocenters. The smallest absolute Gasteiger partial charge is 0.146 e. The summed E-state index contributed by atoms with van der Waals surface area (Å²) >= 11 is 0. The molecule has 0 aromatic carbocycles. The van der Waals surface area contributed by atoms with Crippen LogP contribution in [0.1, 0.15) is 11.3 Å².